The standard InChI is InChI=1S/C29H34FN5O4.2H2S/c1-5-25(36)19-10-20(28(30)27(11-19)38-4)17-39-22-13-31-29(32-14-22)33-21-6-7-23(26(12-21)37-3)35-15-18-8-9-34(2)24(18)16-35;;/h6-7,10-14,18,24H,5,8-9,15-17H2,1-4H3,(H,31,32,33);2*1H2/t18-,24+;;/m0../s1. The average Bonchev–Trinajstić information content (AvgIpc) is 3.54. The van der Waals surface area contributed by atoms with Crippen LogP contribution in [0.3, 0.4) is 0 Å². The molecular weight excluding hydrogens is 565 g/mol. The second-order valence-corrected chi connectivity index (χ2v) is 9.97. The van der Waals surface area contributed by atoms with E-state index in [0.717, 1.165) is 30.2 Å². The molecule has 0 bridgehead atoms. The quantitative estimate of drug-likeness (QED) is 0.325. The third kappa shape index (κ3) is 6.99. The minimum absolute atomic E-state index is 0. The van der Waals surface area contributed by atoms with Gasteiger partial charge in [-0.3, -0.25) is 4.79 Å². The first-order valence-electron chi connectivity index (χ1n) is 13.1. The minimum Gasteiger partial charge on any atom is -0.495 e. The van der Waals surface area contributed by atoms with Crippen LogP contribution in [0.1, 0.15) is 35.7 Å². The van der Waals surface area contributed by atoms with E-state index in [1.165, 1.54) is 44.6 Å². The number of carbonyl (C=O) groups excluding carboxylic acids is 1. The predicted molar refractivity (Wildman–Crippen MR) is 168 cm³/mol. The van der Waals surface area contributed by atoms with E-state index >= 15 is 0 Å². The van der Waals surface area contributed by atoms with Gasteiger partial charge in [0, 0.05) is 48.4 Å². The Hall–Kier alpha value is -3.22. The Balaban J connectivity index is 0.00000231. The van der Waals surface area contributed by atoms with Crippen molar-refractivity contribution in [3.63, 3.8) is 0 Å². The van der Waals surface area contributed by atoms with Crippen LogP contribution in [0, 0.1) is 11.7 Å². The molecule has 5 rings (SSSR count). The smallest absolute Gasteiger partial charge is 0.227 e. The molecule has 0 amide bonds. The molecule has 2 saturated heterocycles. The van der Waals surface area contributed by atoms with E-state index in [9.17, 15) is 9.18 Å². The van der Waals surface area contributed by atoms with Gasteiger partial charge in [-0.1, -0.05) is 6.92 Å². The maximum absolute atomic E-state index is 14.7. The van der Waals surface area contributed by atoms with Crippen LogP contribution in [0.15, 0.2) is 42.7 Å². The van der Waals surface area contributed by atoms with Gasteiger partial charge in [0.15, 0.2) is 23.1 Å². The van der Waals surface area contributed by atoms with Gasteiger partial charge < -0.3 is 29.3 Å². The molecular formula is C29H38FN5O4S2. The number of Topliss-reactive ketones (excluding diaryl/α,β-unsaturated/α-hetero) is 1. The zero-order valence-electron chi connectivity index (χ0n) is 23.7. The van der Waals surface area contributed by atoms with Crippen LogP contribution in [0.4, 0.5) is 21.7 Å². The first-order valence-corrected chi connectivity index (χ1v) is 13.1. The second kappa shape index (κ2) is 14.1. The Morgan fingerprint density at radius 3 is 2.46 bits per heavy atom. The van der Waals surface area contributed by atoms with Gasteiger partial charge in [-0.25, -0.2) is 14.4 Å². The fourth-order valence-electron chi connectivity index (χ4n) is 5.41. The molecule has 3 heterocycles. The Kier molecular flexibility index (Phi) is 11.1. The number of ether oxygens (including phenoxy) is 3. The van der Waals surface area contributed by atoms with E-state index in [1.54, 1.807) is 14.0 Å². The fraction of sp³-hybridized carbons (Fsp3) is 0.414. The summed E-state index contributed by atoms with van der Waals surface area (Å²) in [5.74, 6) is 1.59. The summed E-state index contributed by atoms with van der Waals surface area (Å²) in [6, 6.07) is 9.50. The summed E-state index contributed by atoms with van der Waals surface area (Å²) < 4.78 is 31.2. The first-order chi connectivity index (χ1) is 18.9. The van der Waals surface area contributed by atoms with Gasteiger partial charge >= 0.3 is 0 Å². The number of benzene rings is 2. The van der Waals surface area contributed by atoms with Crippen molar-refractivity contribution < 1.29 is 23.4 Å². The highest BCUT2D eigenvalue weighted by molar-refractivity contribution is 7.59. The van der Waals surface area contributed by atoms with E-state index < -0.39 is 5.82 Å². The number of rotatable bonds is 10. The SMILES string of the molecule is CCC(=O)c1cc(COc2cnc(Nc3ccc(N4C[C@@H]5CCN(C)[C@@H]5C4)c(OC)c3)nc2)c(F)c(OC)c1.S.S. The molecule has 2 aliphatic rings. The fourth-order valence-corrected chi connectivity index (χ4v) is 5.41. The maximum Gasteiger partial charge on any atom is 0.227 e. The van der Waals surface area contributed by atoms with Gasteiger partial charge in [0.25, 0.3) is 0 Å². The number of methoxy groups -OCH3 is 2. The minimum atomic E-state index is -0.564. The second-order valence-electron chi connectivity index (χ2n) is 9.97. The zero-order valence-corrected chi connectivity index (χ0v) is 25.7. The van der Waals surface area contributed by atoms with Gasteiger partial charge in [0.05, 0.1) is 32.3 Å². The number of hydrogen-bond acceptors (Lipinski definition) is 9. The van der Waals surface area contributed by atoms with E-state index in [-0.39, 0.29) is 50.7 Å². The molecule has 3 aromatic rings. The molecule has 222 valence electrons. The Bertz CT molecular complexity index is 1350. The lowest BCUT2D eigenvalue weighted by Gasteiger charge is -2.24. The lowest BCUT2D eigenvalue weighted by Crippen LogP contribution is -2.32. The van der Waals surface area contributed by atoms with Crippen molar-refractivity contribution in [1.29, 1.82) is 0 Å². The molecule has 1 N–H and O–H groups in total. The number of ketones is 1. The molecule has 2 aliphatic heterocycles. The summed E-state index contributed by atoms with van der Waals surface area (Å²) in [7, 11) is 5.25. The normalized spacial score (nSPS) is 17.7. The summed E-state index contributed by atoms with van der Waals surface area (Å²) in [5, 5.41) is 3.20. The molecule has 2 atom stereocenters. The van der Waals surface area contributed by atoms with Gasteiger partial charge in [-0.15, -0.1) is 0 Å². The topological polar surface area (TPSA) is 89.1 Å². The number of halogens is 1. The number of likely N-dealkylation sites (tertiary alicyclic amines) is 1. The molecule has 0 saturated carbocycles. The number of nitrogens with one attached hydrogen (secondary N) is 1. The molecule has 9 nitrogen and oxygen atoms in total. The van der Waals surface area contributed by atoms with Crippen molar-refractivity contribution in [2.24, 2.45) is 5.92 Å². The van der Waals surface area contributed by atoms with Crippen LogP contribution >= 0.6 is 27.0 Å². The van der Waals surface area contributed by atoms with Crippen molar-refractivity contribution in [2.45, 2.75) is 32.4 Å². The van der Waals surface area contributed by atoms with Gasteiger partial charge in [-0.05, 0) is 50.2 Å². The molecule has 12 heteroatoms. The third-order valence-electron chi connectivity index (χ3n) is 7.60. The molecule has 2 fully saturated rings. The maximum atomic E-state index is 14.7. The van der Waals surface area contributed by atoms with Gasteiger partial charge in [0.1, 0.15) is 12.4 Å². The van der Waals surface area contributed by atoms with Crippen LogP contribution in [-0.2, 0) is 6.61 Å². The lowest BCUT2D eigenvalue weighted by atomic mass is 10.0. The summed E-state index contributed by atoms with van der Waals surface area (Å²) >= 11 is 0. The van der Waals surface area contributed by atoms with Crippen molar-refractivity contribution in [2.75, 3.05) is 51.1 Å². The zero-order chi connectivity index (χ0) is 27.5. The number of aromatic nitrogens is 2. The third-order valence-corrected chi connectivity index (χ3v) is 7.60. The van der Waals surface area contributed by atoms with Crippen molar-refractivity contribution >= 4 is 50.1 Å². The van der Waals surface area contributed by atoms with Crippen molar-refractivity contribution in [1.82, 2.24) is 14.9 Å². The van der Waals surface area contributed by atoms with Crippen LogP contribution in [0.5, 0.6) is 17.2 Å². The van der Waals surface area contributed by atoms with Gasteiger partial charge in [0.2, 0.25) is 5.95 Å². The average molecular weight is 604 g/mol. The number of anilines is 3. The van der Waals surface area contributed by atoms with E-state index in [4.69, 9.17) is 14.2 Å². The molecule has 0 radical (unpaired) electrons. The van der Waals surface area contributed by atoms with Crippen LogP contribution in [0.2, 0.25) is 0 Å². The number of carbonyl (C=O) groups is 1. The summed E-state index contributed by atoms with van der Waals surface area (Å²) in [4.78, 5) is 25.6. The summed E-state index contributed by atoms with van der Waals surface area (Å²) in [6.45, 7) is 4.87. The van der Waals surface area contributed by atoms with E-state index in [2.05, 4.69) is 38.2 Å². The lowest BCUT2D eigenvalue weighted by molar-refractivity contribution is 0.0987. The van der Waals surface area contributed by atoms with Gasteiger partial charge in [-0.2, -0.15) is 27.0 Å². The van der Waals surface area contributed by atoms with Crippen LogP contribution in [0.25, 0.3) is 0 Å². The molecule has 41 heavy (non-hydrogen) atoms. The molecule has 0 aliphatic carbocycles. The largest absolute Gasteiger partial charge is 0.495 e. The molecule has 0 unspecified atom stereocenters. The predicted octanol–water partition coefficient (Wildman–Crippen LogP) is 4.91. The number of hydrogen-bond donors (Lipinski definition) is 1. The highest BCUT2D eigenvalue weighted by atomic mass is 32.1. The molecule has 0 spiro atoms. The molecule has 1 aromatic heterocycles. The van der Waals surface area contributed by atoms with E-state index in [1.807, 2.05) is 12.1 Å². The Labute approximate surface area is 254 Å². The monoisotopic (exact) mass is 603 g/mol. The highest BCUT2D eigenvalue weighted by Crippen LogP contribution is 2.38. The summed E-state index contributed by atoms with van der Waals surface area (Å²) in [5.41, 5.74) is 2.48. The Morgan fingerprint density at radius 1 is 1.07 bits per heavy atom. The number of fused-ring (bicyclic) bond motifs is 1. The number of likely N-dealkylation sites (N-methyl/N-ethyl adjacent to an activating group) is 1. The first kappa shape index (κ1) is 32.3. The van der Waals surface area contributed by atoms with Crippen molar-refractivity contribution in [3.8, 4) is 17.2 Å². The molecule has 2 aromatic carbocycles. The number of nitrogens with zero attached hydrogens (tertiary/aromatic N) is 4. The summed E-state index contributed by atoms with van der Waals surface area (Å²) in [6.07, 6.45) is 4.57. The van der Waals surface area contributed by atoms with Crippen LogP contribution < -0.4 is 24.4 Å². The highest BCUT2D eigenvalue weighted by Gasteiger charge is 2.40. The van der Waals surface area contributed by atoms with Crippen molar-refractivity contribution in [3.05, 3.63) is 59.7 Å². The van der Waals surface area contributed by atoms with E-state index in [0.29, 0.717) is 35.6 Å². The van der Waals surface area contributed by atoms with Crippen LogP contribution in [-0.4, -0.2) is 67.6 Å². The Morgan fingerprint density at radius 2 is 1.80 bits per heavy atom.